The van der Waals surface area contributed by atoms with Crippen molar-refractivity contribution in [2.75, 3.05) is 0 Å². The molecule has 0 spiro atoms. The number of benzene rings is 1. The Morgan fingerprint density at radius 3 is 2.14 bits per heavy atom. The van der Waals surface area contributed by atoms with Crippen LogP contribution >= 0.6 is 0 Å². The van der Waals surface area contributed by atoms with E-state index in [1.165, 1.54) is 6.42 Å². The third kappa shape index (κ3) is 3.86. The normalized spacial score (nSPS) is 24.7. The molecule has 0 radical (unpaired) electrons. The largest absolute Gasteiger partial charge is 0.197 e. The average Bonchev–Trinajstić information content (AvgIpc) is 2.56. The van der Waals surface area contributed by atoms with Gasteiger partial charge in [0.25, 0.3) is 0 Å². The lowest BCUT2D eigenvalue weighted by atomic mass is 9.70. The molecular formula is C20H22N2. The van der Waals surface area contributed by atoms with E-state index < -0.39 is 5.41 Å². The van der Waals surface area contributed by atoms with Gasteiger partial charge in [0.2, 0.25) is 0 Å². The maximum Gasteiger partial charge on any atom is 0.154 e. The molecule has 1 aliphatic carbocycles. The molecule has 2 rings (SSSR count). The summed E-state index contributed by atoms with van der Waals surface area (Å²) in [6.07, 6.45) is 14.2. The first kappa shape index (κ1) is 16.1. The number of allylic oxidation sites excluding steroid dienone is 4. The Bertz CT molecular complexity index is 585. The van der Waals surface area contributed by atoms with Crippen LogP contribution in [0.25, 0.3) is 0 Å². The molecular weight excluding hydrogens is 268 g/mol. The highest BCUT2D eigenvalue weighted by Gasteiger charge is 2.39. The molecule has 2 heteroatoms. The van der Waals surface area contributed by atoms with Crippen molar-refractivity contribution in [1.29, 1.82) is 10.5 Å². The van der Waals surface area contributed by atoms with E-state index in [0.29, 0.717) is 6.42 Å². The second kappa shape index (κ2) is 8.20. The van der Waals surface area contributed by atoms with Gasteiger partial charge in [-0.25, -0.2) is 0 Å². The van der Waals surface area contributed by atoms with Gasteiger partial charge in [0, 0.05) is 5.92 Å². The van der Waals surface area contributed by atoms with Crippen LogP contribution in [-0.4, -0.2) is 0 Å². The topological polar surface area (TPSA) is 47.6 Å². The molecule has 0 N–H and O–H groups in total. The second-order valence-electron chi connectivity index (χ2n) is 5.83. The van der Waals surface area contributed by atoms with Gasteiger partial charge in [-0.1, -0.05) is 54.6 Å². The van der Waals surface area contributed by atoms with Crippen molar-refractivity contribution in [2.24, 2.45) is 5.41 Å². The van der Waals surface area contributed by atoms with E-state index in [4.69, 9.17) is 0 Å². The first-order chi connectivity index (χ1) is 10.8. The molecule has 22 heavy (non-hydrogen) atoms. The summed E-state index contributed by atoms with van der Waals surface area (Å²) in [4.78, 5) is 0. The van der Waals surface area contributed by atoms with Gasteiger partial charge >= 0.3 is 0 Å². The molecule has 0 saturated heterocycles. The Labute approximate surface area is 133 Å². The summed E-state index contributed by atoms with van der Waals surface area (Å²) in [5.41, 5.74) is 0.0715. The first-order valence-electron chi connectivity index (χ1n) is 8.00. The molecule has 0 heterocycles. The summed E-state index contributed by atoms with van der Waals surface area (Å²) < 4.78 is 0. The van der Waals surface area contributed by atoms with Crippen LogP contribution in [-0.2, 0) is 0 Å². The lowest BCUT2D eigenvalue weighted by molar-refractivity contribution is 0.414. The van der Waals surface area contributed by atoms with Crippen molar-refractivity contribution in [3.8, 4) is 12.1 Å². The molecule has 0 amide bonds. The fourth-order valence-corrected chi connectivity index (χ4v) is 2.98. The Hall–Kier alpha value is -2.32. The number of hydrogen-bond donors (Lipinski definition) is 0. The summed E-state index contributed by atoms with van der Waals surface area (Å²) in [6, 6.07) is 14.6. The second-order valence-corrected chi connectivity index (χ2v) is 5.83. The Morgan fingerprint density at radius 2 is 1.50 bits per heavy atom. The lowest BCUT2D eigenvalue weighted by Gasteiger charge is -2.28. The molecule has 0 fully saturated rings. The molecule has 1 aliphatic rings. The van der Waals surface area contributed by atoms with Crippen molar-refractivity contribution in [3.63, 3.8) is 0 Å². The van der Waals surface area contributed by atoms with Crippen LogP contribution < -0.4 is 0 Å². The Balaban J connectivity index is 2.39. The summed E-state index contributed by atoms with van der Waals surface area (Å²) in [7, 11) is 0. The molecule has 1 aromatic carbocycles. The standard InChI is InChI=1S/C20H22N2/c21-16-20(17-22)15-11-6-4-2-1-3-5-10-14-19(20)18-12-8-7-9-13-18/h5-13,19H,1-4,14-15H2/b10-5-,11-6+. The van der Waals surface area contributed by atoms with E-state index in [0.717, 1.165) is 31.2 Å². The van der Waals surface area contributed by atoms with Gasteiger partial charge in [0.05, 0.1) is 12.1 Å². The van der Waals surface area contributed by atoms with Gasteiger partial charge in [-0.05, 0) is 44.1 Å². The van der Waals surface area contributed by atoms with Crippen LogP contribution in [0, 0.1) is 28.1 Å². The Morgan fingerprint density at radius 1 is 0.864 bits per heavy atom. The third-order valence-electron chi connectivity index (χ3n) is 4.33. The quantitative estimate of drug-likeness (QED) is 0.661. The summed E-state index contributed by atoms with van der Waals surface area (Å²) in [5.74, 6) is -0.0935. The number of nitriles is 2. The molecule has 0 aliphatic heterocycles. The Kier molecular flexibility index (Phi) is 5.99. The SMILES string of the molecule is N#CC1(C#N)C/C=C/CCCC/C=C\CC1c1ccccc1. The fourth-order valence-electron chi connectivity index (χ4n) is 2.98. The molecule has 0 bridgehead atoms. The molecule has 1 aromatic rings. The van der Waals surface area contributed by atoms with Crippen molar-refractivity contribution in [2.45, 2.75) is 44.4 Å². The molecule has 1 atom stereocenters. The predicted molar refractivity (Wildman–Crippen MR) is 88.8 cm³/mol. The zero-order valence-corrected chi connectivity index (χ0v) is 12.9. The van der Waals surface area contributed by atoms with Gasteiger partial charge in [-0.2, -0.15) is 10.5 Å². The zero-order chi connectivity index (χ0) is 15.7. The molecule has 2 nitrogen and oxygen atoms in total. The summed E-state index contributed by atoms with van der Waals surface area (Å²) >= 11 is 0. The summed E-state index contributed by atoms with van der Waals surface area (Å²) in [5, 5.41) is 19.5. The third-order valence-corrected chi connectivity index (χ3v) is 4.33. The van der Waals surface area contributed by atoms with Gasteiger partial charge in [0.1, 0.15) is 0 Å². The van der Waals surface area contributed by atoms with E-state index in [9.17, 15) is 10.5 Å². The van der Waals surface area contributed by atoms with Crippen LogP contribution in [0.2, 0.25) is 0 Å². The van der Waals surface area contributed by atoms with Crippen molar-refractivity contribution >= 4 is 0 Å². The monoisotopic (exact) mass is 290 g/mol. The van der Waals surface area contributed by atoms with E-state index >= 15 is 0 Å². The highest BCUT2D eigenvalue weighted by molar-refractivity contribution is 5.32. The van der Waals surface area contributed by atoms with E-state index in [1.807, 2.05) is 36.4 Å². The minimum absolute atomic E-state index is 0.0935. The highest BCUT2D eigenvalue weighted by atomic mass is 14.5. The van der Waals surface area contributed by atoms with Crippen molar-refractivity contribution < 1.29 is 0 Å². The van der Waals surface area contributed by atoms with Crippen molar-refractivity contribution in [1.82, 2.24) is 0 Å². The molecule has 0 saturated carbocycles. The molecule has 112 valence electrons. The number of hydrogen-bond acceptors (Lipinski definition) is 2. The van der Waals surface area contributed by atoms with E-state index in [2.05, 4.69) is 30.4 Å². The number of nitrogens with zero attached hydrogens (tertiary/aromatic N) is 2. The van der Waals surface area contributed by atoms with E-state index in [1.54, 1.807) is 0 Å². The lowest BCUT2D eigenvalue weighted by Crippen LogP contribution is -2.25. The van der Waals surface area contributed by atoms with Crippen LogP contribution in [0.15, 0.2) is 54.6 Å². The first-order valence-corrected chi connectivity index (χ1v) is 8.00. The minimum atomic E-state index is -0.999. The van der Waals surface area contributed by atoms with Gasteiger partial charge in [0.15, 0.2) is 5.41 Å². The summed E-state index contributed by atoms with van der Waals surface area (Å²) in [6.45, 7) is 0. The average molecular weight is 290 g/mol. The smallest absolute Gasteiger partial charge is 0.154 e. The fraction of sp³-hybridized carbons (Fsp3) is 0.400. The molecule has 0 aromatic heterocycles. The zero-order valence-electron chi connectivity index (χ0n) is 12.9. The van der Waals surface area contributed by atoms with Crippen LogP contribution in [0.4, 0.5) is 0 Å². The van der Waals surface area contributed by atoms with Gasteiger partial charge in [-0.3, -0.25) is 0 Å². The van der Waals surface area contributed by atoms with Crippen LogP contribution in [0.3, 0.4) is 0 Å². The minimum Gasteiger partial charge on any atom is -0.197 e. The van der Waals surface area contributed by atoms with Gasteiger partial charge < -0.3 is 0 Å². The predicted octanol–water partition coefficient (Wildman–Crippen LogP) is 5.27. The van der Waals surface area contributed by atoms with Gasteiger partial charge in [-0.15, -0.1) is 0 Å². The highest BCUT2D eigenvalue weighted by Crippen LogP contribution is 2.41. The number of rotatable bonds is 1. The van der Waals surface area contributed by atoms with E-state index in [-0.39, 0.29) is 5.92 Å². The van der Waals surface area contributed by atoms with Crippen molar-refractivity contribution in [3.05, 3.63) is 60.2 Å². The van der Waals surface area contributed by atoms with Crippen LogP contribution in [0.1, 0.15) is 50.0 Å². The molecule has 1 unspecified atom stereocenters. The van der Waals surface area contributed by atoms with Crippen LogP contribution in [0.5, 0.6) is 0 Å². The maximum atomic E-state index is 9.75. The maximum absolute atomic E-state index is 9.75.